The van der Waals surface area contributed by atoms with Gasteiger partial charge in [0.25, 0.3) is 5.91 Å². The van der Waals surface area contributed by atoms with Gasteiger partial charge in [-0.3, -0.25) is 14.5 Å². The molecule has 2 aliphatic rings. The van der Waals surface area contributed by atoms with Gasteiger partial charge in [0.15, 0.2) is 0 Å². The molecule has 2 atom stereocenters. The second-order valence-corrected chi connectivity index (χ2v) is 9.15. The molecule has 0 bridgehead atoms. The molecule has 0 unspecified atom stereocenters. The molecule has 2 aliphatic heterocycles. The van der Waals surface area contributed by atoms with Gasteiger partial charge in [-0.05, 0) is 60.9 Å². The summed E-state index contributed by atoms with van der Waals surface area (Å²) in [6, 6.07) is 19.9. The molecule has 1 saturated heterocycles. The van der Waals surface area contributed by atoms with Gasteiger partial charge in [0, 0.05) is 29.7 Å². The third-order valence-corrected chi connectivity index (χ3v) is 6.74. The van der Waals surface area contributed by atoms with Crippen LogP contribution in [0.25, 0.3) is 10.8 Å². The number of nitrogens with zero attached hydrogens (tertiary/aromatic N) is 2. The van der Waals surface area contributed by atoms with E-state index in [0.717, 1.165) is 41.0 Å². The van der Waals surface area contributed by atoms with Crippen molar-refractivity contribution < 1.29 is 9.59 Å². The van der Waals surface area contributed by atoms with E-state index in [1.54, 1.807) is 4.90 Å². The van der Waals surface area contributed by atoms with Crippen molar-refractivity contribution in [3.63, 3.8) is 0 Å². The Labute approximate surface area is 189 Å². The summed E-state index contributed by atoms with van der Waals surface area (Å²) in [7, 11) is 0. The molecule has 5 heteroatoms. The molecule has 0 aliphatic carbocycles. The Bertz CT molecular complexity index is 1170. The summed E-state index contributed by atoms with van der Waals surface area (Å²) >= 11 is 0. The fourth-order valence-corrected chi connectivity index (χ4v) is 5.05. The molecule has 0 radical (unpaired) electrons. The lowest BCUT2D eigenvalue weighted by Gasteiger charge is -2.33. The monoisotopic (exact) mass is 427 g/mol. The Morgan fingerprint density at radius 2 is 1.84 bits per heavy atom. The molecule has 5 rings (SSSR count). The highest BCUT2D eigenvalue weighted by molar-refractivity contribution is 6.26. The van der Waals surface area contributed by atoms with Gasteiger partial charge in [-0.1, -0.05) is 43.3 Å². The molecule has 0 spiro atoms. The van der Waals surface area contributed by atoms with E-state index in [2.05, 4.69) is 41.4 Å². The van der Waals surface area contributed by atoms with Crippen LogP contribution in [0.4, 0.5) is 11.4 Å². The molecule has 3 aromatic rings. The van der Waals surface area contributed by atoms with Crippen molar-refractivity contribution >= 4 is 34.0 Å². The van der Waals surface area contributed by atoms with Crippen molar-refractivity contribution in [1.82, 2.24) is 5.32 Å². The number of hydrogen-bond donors (Lipinski definition) is 1. The van der Waals surface area contributed by atoms with Crippen molar-refractivity contribution in [1.29, 1.82) is 0 Å². The van der Waals surface area contributed by atoms with Gasteiger partial charge in [-0.2, -0.15) is 0 Å². The van der Waals surface area contributed by atoms with Crippen molar-refractivity contribution in [3.05, 3.63) is 71.8 Å². The zero-order valence-corrected chi connectivity index (χ0v) is 18.7. The summed E-state index contributed by atoms with van der Waals surface area (Å²) in [6.07, 6.45) is 2.54. The van der Waals surface area contributed by atoms with E-state index < -0.39 is 0 Å². The summed E-state index contributed by atoms with van der Waals surface area (Å²) in [5.74, 6) is 0.455. The second kappa shape index (κ2) is 8.30. The first-order chi connectivity index (χ1) is 15.5. The second-order valence-electron chi connectivity index (χ2n) is 9.15. The third-order valence-electron chi connectivity index (χ3n) is 6.74. The molecule has 0 saturated carbocycles. The number of hydrogen-bond acceptors (Lipinski definition) is 3. The molecular formula is C27H29N3O2. The van der Waals surface area contributed by atoms with Crippen molar-refractivity contribution in [2.75, 3.05) is 29.4 Å². The Morgan fingerprint density at radius 3 is 2.59 bits per heavy atom. The normalized spacial score (nSPS) is 18.8. The fraction of sp³-hybridized carbons (Fsp3) is 0.333. The van der Waals surface area contributed by atoms with Crippen LogP contribution < -0.4 is 15.1 Å². The highest BCUT2D eigenvalue weighted by atomic mass is 16.2. The van der Waals surface area contributed by atoms with Crippen LogP contribution in [0, 0.1) is 5.92 Å². The topological polar surface area (TPSA) is 52.7 Å². The standard InChI is InChI=1S/C27H29N3O2/c1-18-6-5-15-29(16-18)22-13-11-20(12-14-22)19(2)28-25(31)17-30-24-10-4-8-21-7-3-9-23(26(21)24)27(30)32/h3-4,7-14,18-19H,5-6,15-17H2,1-2H3,(H,28,31)/t18-,19+/m1/s1. The maximum Gasteiger partial charge on any atom is 0.259 e. The molecular weight excluding hydrogens is 398 g/mol. The minimum Gasteiger partial charge on any atom is -0.371 e. The van der Waals surface area contributed by atoms with Gasteiger partial charge < -0.3 is 10.2 Å². The van der Waals surface area contributed by atoms with Gasteiger partial charge in [-0.25, -0.2) is 0 Å². The van der Waals surface area contributed by atoms with Crippen LogP contribution in [0.2, 0.25) is 0 Å². The Hall–Kier alpha value is -3.34. The third kappa shape index (κ3) is 3.72. The molecule has 32 heavy (non-hydrogen) atoms. The first kappa shape index (κ1) is 20.6. The van der Waals surface area contributed by atoms with E-state index in [9.17, 15) is 9.59 Å². The maximum atomic E-state index is 12.9. The summed E-state index contributed by atoms with van der Waals surface area (Å²) in [6.45, 7) is 6.51. The fourth-order valence-electron chi connectivity index (χ4n) is 5.05. The van der Waals surface area contributed by atoms with Gasteiger partial charge in [0.2, 0.25) is 5.91 Å². The lowest BCUT2D eigenvalue weighted by Crippen LogP contribution is -2.39. The Balaban J connectivity index is 1.25. The van der Waals surface area contributed by atoms with Crippen LogP contribution in [0.5, 0.6) is 0 Å². The molecule has 1 N–H and O–H groups in total. The van der Waals surface area contributed by atoms with Crippen LogP contribution in [0.3, 0.4) is 0 Å². The average molecular weight is 428 g/mol. The van der Waals surface area contributed by atoms with Gasteiger partial charge in [0.05, 0.1) is 11.7 Å². The minimum absolute atomic E-state index is 0.0146. The van der Waals surface area contributed by atoms with Crippen LogP contribution >= 0.6 is 0 Å². The predicted molar refractivity (Wildman–Crippen MR) is 129 cm³/mol. The number of anilines is 2. The lowest BCUT2D eigenvalue weighted by molar-refractivity contribution is -0.120. The molecule has 0 aromatic heterocycles. The SMILES string of the molecule is C[C@@H]1CCCN(c2ccc([C@H](C)NC(=O)CN3C(=O)c4cccc5cccc3c45)cc2)C1. The Kier molecular flexibility index (Phi) is 5.33. The van der Waals surface area contributed by atoms with Crippen LogP contribution in [-0.4, -0.2) is 31.4 Å². The predicted octanol–water partition coefficient (Wildman–Crippen LogP) is 4.91. The van der Waals surface area contributed by atoms with E-state index in [1.807, 2.05) is 43.3 Å². The van der Waals surface area contributed by atoms with Crippen LogP contribution in [-0.2, 0) is 4.79 Å². The highest BCUT2D eigenvalue weighted by Crippen LogP contribution is 2.37. The average Bonchev–Trinajstić information content (AvgIpc) is 3.07. The summed E-state index contributed by atoms with van der Waals surface area (Å²) < 4.78 is 0. The van der Waals surface area contributed by atoms with E-state index in [1.165, 1.54) is 18.5 Å². The number of amides is 2. The summed E-state index contributed by atoms with van der Waals surface area (Å²) in [4.78, 5) is 29.8. The maximum absolute atomic E-state index is 12.9. The largest absolute Gasteiger partial charge is 0.371 e. The quantitative estimate of drug-likeness (QED) is 0.629. The molecule has 3 aromatic carbocycles. The first-order valence-corrected chi connectivity index (χ1v) is 11.5. The van der Waals surface area contributed by atoms with E-state index >= 15 is 0 Å². The molecule has 1 fully saturated rings. The molecule has 5 nitrogen and oxygen atoms in total. The molecule has 2 heterocycles. The number of carbonyl (C=O) groups excluding carboxylic acids is 2. The zero-order chi connectivity index (χ0) is 22.2. The van der Waals surface area contributed by atoms with Crippen molar-refractivity contribution in [2.45, 2.75) is 32.7 Å². The zero-order valence-electron chi connectivity index (χ0n) is 18.7. The number of rotatable bonds is 5. The van der Waals surface area contributed by atoms with Gasteiger partial charge >= 0.3 is 0 Å². The van der Waals surface area contributed by atoms with Crippen LogP contribution in [0.15, 0.2) is 60.7 Å². The van der Waals surface area contributed by atoms with Crippen molar-refractivity contribution in [2.24, 2.45) is 5.92 Å². The number of benzene rings is 3. The summed E-state index contributed by atoms with van der Waals surface area (Å²) in [5.41, 5.74) is 3.78. The number of carbonyl (C=O) groups is 2. The first-order valence-electron chi connectivity index (χ1n) is 11.5. The van der Waals surface area contributed by atoms with Crippen LogP contribution in [0.1, 0.15) is 48.7 Å². The summed E-state index contributed by atoms with van der Waals surface area (Å²) in [5, 5.41) is 5.02. The highest BCUT2D eigenvalue weighted by Gasteiger charge is 2.31. The number of piperidine rings is 1. The van der Waals surface area contributed by atoms with E-state index in [4.69, 9.17) is 0 Å². The molecule has 164 valence electrons. The Morgan fingerprint density at radius 1 is 1.09 bits per heavy atom. The molecule has 2 amide bonds. The van der Waals surface area contributed by atoms with E-state index in [0.29, 0.717) is 5.56 Å². The van der Waals surface area contributed by atoms with Gasteiger partial charge in [-0.15, -0.1) is 0 Å². The van der Waals surface area contributed by atoms with Gasteiger partial charge in [0.1, 0.15) is 6.54 Å². The minimum atomic E-state index is -0.162. The lowest BCUT2D eigenvalue weighted by atomic mass is 9.99. The number of nitrogens with one attached hydrogen (secondary N) is 1. The smallest absolute Gasteiger partial charge is 0.259 e. The van der Waals surface area contributed by atoms with Crippen molar-refractivity contribution in [3.8, 4) is 0 Å². The van der Waals surface area contributed by atoms with E-state index in [-0.39, 0.29) is 24.4 Å².